The van der Waals surface area contributed by atoms with Crippen LogP contribution in [0.3, 0.4) is 0 Å². The van der Waals surface area contributed by atoms with E-state index in [4.69, 9.17) is 4.74 Å². The molecule has 2 atom stereocenters. The molecule has 0 spiro atoms. The van der Waals surface area contributed by atoms with Gasteiger partial charge in [-0.3, -0.25) is 29.5 Å². The topological polar surface area (TPSA) is 117 Å². The van der Waals surface area contributed by atoms with Gasteiger partial charge in [-0.05, 0) is 13.3 Å². The molecule has 0 radical (unpaired) electrons. The highest BCUT2D eigenvalue weighted by Gasteiger charge is 2.35. The van der Waals surface area contributed by atoms with Crippen molar-refractivity contribution in [1.82, 2.24) is 21.1 Å². The summed E-state index contributed by atoms with van der Waals surface area (Å²) in [4.78, 5) is 47.5. The van der Waals surface area contributed by atoms with Gasteiger partial charge < -0.3 is 10.1 Å². The molecule has 0 aromatic rings. The zero-order valence-corrected chi connectivity index (χ0v) is 15.1. The fraction of sp³-hybridized carbons (Fsp3) is 0.750. The van der Waals surface area contributed by atoms with Gasteiger partial charge in [0.2, 0.25) is 23.6 Å². The van der Waals surface area contributed by atoms with Crippen LogP contribution in [0.25, 0.3) is 0 Å². The minimum absolute atomic E-state index is 0.0872. The van der Waals surface area contributed by atoms with E-state index in [9.17, 15) is 19.2 Å². The van der Waals surface area contributed by atoms with Crippen LogP contribution >= 0.6 is 0 Å². The number of hydrazine groups is 1. The molecule has 0 aliphatic carbocycles. The quantitative estimate of drug-likeness (QED) is 0.257. The smallest absolute Gasteiger partial charge is 0.234 e. The number of imide groups is 1. The summed E-state index contributed by atoms with van der Waals surface area (Å²) in [5, 5.41) is 2.69. The lowest BCUT2D eigenvalue weighted by molar-refractivity contribution is -0.139. The van der Waals surface area contributed by atoms with E-state index in [0.717, 1.165) is 4.90 Å². The van der Waals surface area contributed by atoms with E-state index in [1.54, 1.807) is 14.0 Å². The normalized spacial score (nSPS) is 18.4. The van der Waals surface area contributed by atoms with Crippen LogP contribution in [0.4, 0.5) is 0 Å². The Bertz CT molecular complexity index is 497. The van der Waals surface area contributed by atoms with Crippen molar-refractivity contribution in [3.05, 3.63) is 0 Å². The van der Waals surface area contributed by atoms with Crippen LogP contribution in [-0.2, 0) is 23.9 Å². The maximum Gasteiger partial charge on any atom is 0.234 e. The Kier molecular flexibility index (Phi) is 9.07. The summed E-state index contributed by atoms with van der Waals surface area (Å²) in [6.45, 7) is 4.36. The van der Waals surface area contributed by atoms with Crippen molar-refractivity contribution in [2.45, 2.75) is 45.6 Å². The van der Waals surface area contributed by atoms with Crippen LogP contribution in [0, 0.1) is 5.92 Å². The first-order chi connectivity index (χ1) is 11.8. The maximum absolute atomic E-state index is 11.8. The molecule has 0 bridgehead atoms. The van der Waals surface area contributed by atoms with Crippen molar-refractivity contribution in [3.8, 4) is 0 Å². The van der Waals surface area contributed by atoms with Gasteiger partial charge in [0.1, 0.15) is 0 Å². The Hall–Kier alpha value is -2.00. The number of amides is 4. The standard InChI is InChI=1S/C16H28N4O5/c1-11-10-15(23)20(16(11)24)8-6-13(21)18-7-9-25-12(2)4-5-14(22)19-17-3/h11-12,17H,4-10H2,1-3H3,(H,18,21)(H,19,22). The number of rotatable bonds is 11. The average Bonchev–Trinajstić information content (AvgIpc) is 2.80. The minimum Gasteiger partial charge on any atom is -0.377 e. The zero-order chi connectivity index (χ0) is 18.8. The molecule has 1 aliphatic rings. The zero-order valence-electron chi connectivity index (χ0n) is 15.1. The van der Waals surface area contributed by atoms with Crippen LogP contribution in [0.2, 0.25) is 0 Å². The summed E-state index contributed by atoms with van der Waals surface area (Å²) < 4.78 is 5.51. The van der Waals surface area contributed by atoms with Gasteiger partial charge in [0, 0.05) is 45.3 Å². The predicted octanol–water partition coefficient (Wildman–Crippen LogP) is -0.676. The van der Waals surface area contributed by atoms with E-state index >= 15 is 0 Å². The van der Waals surface area contributed by atoms with E-state index in [0.29, 0.717) is 26.0 Å². The second kappa shape index (κ2) is 10.8. The molecule has 1 rings (SSSR count). The van der Waals surface area contributed by atoms with Crippen molar-refractivity contribution in [2.24, 2.45) is 5.92 Å². The van der Waals surface area contributed by atoms with E-state index in [-0.39, 0.29) is 55.0 Å². The van der Waals surface area contributed by atoms with Gasteiger partial charge in [-0.2, -0.15) is 0 Å². The molecule has 1 fully saturated rings. The molecule has 1 heterocycles. The largest absolute Gasteiger partial charge is 0.377 e. The lowest BCUT2D eigenvalue weighted by Gasteiger charge is -2.15. The lowest BCUT2D eigenvalue weighted by Crippen LogP contribution is -2.36. The summed E-state index contributed by atoms with van der Waals surface area (Å²) in [6.07, 6.45) is 1.15. The van der Waals surface area contributed by atoms with Crippen molar-refractivity contribution in [3.63, 3.8) is 0 Å². The van der Waals surface area contributed by atoms with Crippen LogP contribution in [0.15, 0.2) is 0 Å². The Labute approximate surface area is 147 Å². The van der Waals surface area contributed by atoms with Crippen molar-refractivity contribution in [2.75, 3.05) is 26.7 Å². The van der Waals surface area contributed by atoms with Gasteiger partial charge >= 0.3 is 0 Å². The molecule has 3 N–H and O–H groups in total. The van der Waals surface area contributed by atoms with E-state index in [2.05, 4.69) is 16.2 Å². The van der Waals surface area contributed by atoms with E-state index in [1.165, 1.54) is 0 Å². The number of hydrogen-bond donors (Lipinski definition) is 3. The second-order valence-corrected chi connectivity index (χ2v) is 6.11. The Morgan fingerprint density at radius 1 is 1.28 bits per heavy atom. The molecular formula is C16H28N4O5. The number of carbonyl (C=O) groups is 4. The monoisotopic (exact) mass is 356 g/mol. The SMILES string of the molecule is CNNC(=O)CCC(C)OCCNC(=O)CCN1C(=O)CC(C)C1=O. The van der Waals surface area contributed by atoms with E-state index in [1.807, 2.05) is 6.92 Å². The Balaban J connectivity index is 2.09. The first-order valence-corrected chi connectivity index (χ1v) is 8.53. The third kappa shape index (κ3) is 7.61. The summed E-state index contributed by atoms with van der Waals surface area (Å²) >= 11 is 0. The van der Waals surface area contributed by atoms with Crippen LogP contribution in [-0.4, -0.2) is 61.4 Å². The maximum atomic E-state index is 11.8. The molecule has 1 aliphatic heterocycles. The fourth-order valence-corrected chi connectivity index (χ4v) is 2.46. The summed E-state index contributed by atoms with van der Waals surface area (Å²) in [5.74, 6) is -1.06. The van der Waals surface area contributed by atoms with Crippen LogP contribution in [0.5, 0.6) is 0 Å². The molecule has 9 nitrogen and oxygen atoms in total. The highest BCUT2D eigenvalue weighted by atomic mass is 16.5. The highest BCUT2D eigenvalue weighted by Crippen LogP contribution is 2.18. The van der Waals surface area contributed by atoms with Gasteiger partial charge in [-0.1, -0.05) is 6.92 Å². The fourth-order valence-electron chi connectivity index (χ4n) is 2.46. The first kappa shape index (κ1) is 21.0. The predicted molar refractivity (Wildman–Crippen MR) is 90.0 cm³/mol. The molecule has 0 saturated carbocycles. The Morgan fingerprint density at radius 2 is 2.00 bits per heavy atom. The summed E-state index contributed by atoms with van der Waals surface area (Å²) in [6, 6.07) is 0. The van der Waals surface area contributed by atoms with Crippen molar-refractivity contribution >= 4 is 23.6 Å². The molecule has 142 valence electrons. The lowest BCUT2D eigenvalue weighted by atomic mass is 10.1. The van der Waals surface area contributed by atoms with Gasteiger partial charge in [-0.25, -0.2) is 5.43 Å². The number of ether oxygens (including phenoxy) is 1. The average molecular weight is 356 g/mol. The number of hydrogen-bond acceptors (Lipinski definition) is 6. The van der Waals surface area contributed by atoms with E-state index < -0.39 is 0 Å². The highest BCUT2D eigenvalue weighted by molar-refractivity contribution is 6.03. The third-order valence-corrected chi connectivity index (χ3v) is 3.90. The molecule has 9 heteroatoms. The van der Waals surface area contributed by atoms with Crippen molar-refractivity contribution in [1.29, 1.82) is 0 Å². The molecule has 0 aromatic carbocycles. The first-order valence-electron chi connectivity index (χ1n) is 8.53. The van der Waals surface area contributed by atoms with Gasteiger partial charge in [-0.15, -0.1) is 0 Å². The van der Waals surface area contributed by atoms with Gasteiger partial charge in [0.05, 0.1) is 12.7 Å². The third-order valence-electron chi connectivity index (χ3n) is 3.90. The van der Waals surface area contributed by atoms with Crippen LogP contribution in [0.1, 0.15) is 39.5 Å². The Morgan fingerprint density at radius 3 is 2.60 bits per heavy atom. The molecular weight excluding hydrogens is 328 g/mol. The molecule has 2 unspecified atom stereocenters. The molecule has 25 heavy (non-hydrogen) atoms. The molecule has 4 amide bonds. The number of carbonyl (C=O) groups excluding carboxylic acids is 4. The molecule has 1 saturated heterocycles. The molecule has 0 aromatic heterocycles. The minimum atomic E-state index is -0.291. The van der Waals surface area contributed by atoms with Crippen molar-refractivity contribution < 1.29 is 23.9 Å². The second-order valence-electron chi connectivity index (χ2n) is 6.11. The summed E-state index contributed by atoms with van der Waals surface area (Å²) in [7, 11) is 1.62. The van der Waals surface area contributed by atoms with Gasteiger partial charge in [0.25, 0.3) is 0 Å². The number of nitrogens with zero attached hydrogens (tertiary/aromatic N) is 1. The number of nitrogens with one attached hydrogen (secondary N) is 3. The van der Waals surface area contributed by atoms with Gasteiger partial charge in [0.15, 0.2) is 0 Å². The summed E-state index contributed by atoms with van der Waals surface area (Å²) in [5.41, 5.74) is 5.04. The van der Waals surface area contributed by atoms with Crippen LogP contribution < -0.4 is 16.2 Å². The number of likely N-dealkylation sites (tertiary alicyclic amines) is 1.